The lowest BCUT2D eigenvalue weighted by Gasteiger charge is -2.27. The van der Waals surface area contributed by atoms with Crippen LogP contribution in [0.1, 0.15) is 37.4 Å². The minimum absolute atomic E-state index is 0.00482. The molecule has 4 N–H and O–H groups in total. The molecule has 0 saturated heterocycles. The molecule has 2 unspecified atom stereocenters. The lowest BCUT2D eigenvalue weighted by molar-refractivity contribution is -0.119. The third-order valence-electron chi connectivity index (χ3n) is 3.24. The van der Waals surface area contributed by atoms with Crippen LogP contribution in [0.2, 0.25) is 0 Å². The van der Waals surface area contributed by atoms with Gasteiger partial charge in [-0.15, -0.1) is 5.10 Å². The van der Waals surface area contributed by atoms with Crippen LogP contribution in [0, 0.1) is 0 Å². The number of carbonyl (C=O) groups excluding carboxylic acids is 1. The zero-order chi connectivity index (χ0) is 13.0. The van der Waals surface area contributed by atoms with Crippen molar-refractivity contribution in [3.8, 4) is 0 Å². The van der Waals surface area contributed by atoms with Crippen LogP contribution in [0.5, 0.6) is 0 Å². The van der Waals surface area contributed by atoms with Crippen molar-refractivity contribution in [2.75, 3.05) is 6.54 Å². The molecule has 0 radical (unpaired) electrons. The summed E-state index contributed by atoms with van der Waals surface area (Å²) in [5, 5.41) is 20.5. The standard InChI is InChI=1S/C11H19N5O2/c12-5-11(18)13-6-8-7-16(15-14-8)9-3-1-2-4-10(9)17/h7,9-10,17H,1-6,12H2,(H,13,18). The van der Waals surface area contributed by atoms with E-state index in [9.17, 15) is 9.90 Å². The molecule has 1 amide bonds. The summed E-state index contributed by atoms with van der Waals surface area (Å²) in [6.45, 7) is 0.286. The van der Waals surface area contributed by atoms with Gasteiger partial charge >= 0.3 is 0 Å². The molecule has 1 aromatic rings. The molecule has 1 fully saturated rings. The number of rotatable bonds is 4. The first-order chi connectivity index (χ1) is 8.70. The van der Waals surface area contributed by atoms with Crippen molar-refractivity contribution in [1.82, 2.24) is 20.3 Å². The monoisotopic (exact) mass is 253 g/mol. The number of hydrogen-bond donors (Lipinski definition) is 3. The number of carbonyl (C=O) groups is 1. The largest absolute Gasteiger partial charge is 0.391 e. The van der Waals surface area contributed by atoms with Crippen LogP contribution < -0.4 is 11.1 Å². The Labute approximate surface area is 105 Å². The van der Waals surface area contributed by atoms with Gasteiger partial charge in [-0.05, 0) is 12.8 Å². The third kappa shape index (κ3) is 3.05. The van der Waals surface area contributed by atoms with Crippen LogP contribution >= 0.6 is 0 Å². The van der Waals surface area contributed by atoms with E-state index in [-0.39, 0.29) is 24.6 Å². The Hall–Kier alpha value is -1.47. The number of amides is 1. The molecular formula is C11H19N5O2. The number of nitrogens with zero attached hydrogens (tertiary/aromatic N) is 3. The molecule has 100 valence electrons. The minimum Gasteiger partial charge on any atom is -0.391 e. The number of hydrogen-bond acceptors (Lipinski definition) is 5. The summed E-state index contributed by atoms with van der Waals surface area (Å²) in [7, 11) is 0. The zero-order valence-corrected chi connectivity index (χ0v) is 10.2. The highest BCUT2D eigenvalue weighted by Crippen LogP contribution is 2.27. The van der Waals surface area contributed by atoms with Crippen LogP contribution in [0.25, 0.3) is 0 Å². The first-order valence-corrected chi connectivity index (χ1v) is 6.26. The molecule has 7 nitrogen and oxygen atoms in total. The maximum atomic E-state index is 11.0. The second-order valence-corrected chi connectivity index (χ2v) is 4.59. The second-order valence-electron chi connectivity index (χ2n) is 4.59. The molecule has 1 heterocycles. The molecule has 1 aliphatic rings. The number of aromatic nitrogens is 3. The Kier molecular flexibility index (Phi) is 4.27. The summed E-state index contributed by atoms with van der Waals surface area (Å²) in [6.07, 6.45) is 5.30. The van der Waals surface area contributed by atoms with E-state index in [1.165, 1.54) is 0 Å². The minimum atomic E-state index is -0.355. The van der Waals surface area contributed by atoms with Crippen LogP contribution in [-0.4, -0.2) is 38.7 Å². The summed E-state index contributed by atoms with van der Waals surface area (Å²) in [5.74, 6) is -0.220. The first-order valence-electron chi connectivity index (χ1n) is 6.26. The molecule has 0 bridgehead atoms. The smallest absolute Gasteiger partial charge is 0.234 e. The van der Waals surface area contributed by atoms with Gasteiger partial charge in [0.1, 0.15) is 5.69 Å². The summed E-state index contributed by atoms with van der Waals surface area (Å²) < 4.78 is 1.70. The predicted octanol–water partition coefficient (Wildman–Crippen LogP) is -0.671. The Morgan fingerprint density at radius 3 is 3.06 bits per heavy atom. The molecule has 0 spiro atoms. The lowest BCUT2D eigenvalue weighted by Crippen LogP contribution is -2.30. The van der Waals surface area contributed by atoms with E-state index in [0.717, 1.165) is 25.7 Å². The van der Waals surface area contributed by atoms with Crippen LogP contribution in [0.15, 0.2) is 6.20 Å². The van der Waals surface area contributed by atoms with Gasteiger partial charge in [-0.25, -0.2) is 4.68 Å². The average Bonchev–Trinajstić information content (AvgIpc) is 2.85. The molecule has 1 aromatic heterocycles. The molecule has 0 aliphatic heterocycles. The summed E-state index contributed by atoms with van der Waals surface area (Å²) in [6, 6.07) is 0.00482. The Balaban J connectivity index is 1.94. The highest BCUT2D eigenvalue weighted by atomic mass is 16.3. The van der Waals surface area contributed by atoms with Crippen molar-refractivity contribution < 1.29 is 9.90 Å². The van der Waals surface area contributed by atoms with Gasteiger partial charge in [0.05, 0.1) is 31.4 Å². The number of aliphatic hydroxyl groups is 1. The summed E-state index contributed by atoms with van der Waals surface area (Å²) >= 11 is 0. The first kappa shape index (κ1) is 13.0. The number of nitrogens with one attached hydrogen (secondary N) is 1. The maximum absolute atomic E-state index is 11.0. The van der Waals surface area contributed by atoms with Crippen LogP contribution in [-0.2, 0) is 11.3 Å². The van der Waals surface area contributed by atoms with Gasteiger partial charge in [-0.2, -0.15) is 0 Å². The molecule has 18 heavy (non-hydrogen) atoms. The molecular weight excluding hydrogens is 234 g/mol. The summed E-state index contributed by atoms with van der Waals surface area (Å²) in [4.78, 5) is 11.0. The van der Waals surface area contributed by atoms with E-state index in [1.54, 1.807) is 10.9 Å². The average molecular weight is 253 g/mol. The Bertz CT molecular complexity index is 406. The third-order valence-corrected chi connectivity index (χ3v) is 3.24. The van der Waals surface area contributed by atoms with Crippen molar-refractivity contribution in [2.45, 2.75) is 44.4 Å². The number of nitrogens with two attached hydrogens (primary N) is 1. The lowest BCUT2D eigenvalue weighted by atomic mass is 9.93. The van der Waals surface area contributed by atoms with E-state index in [1.807, 2.05) is 0 Å². The molecule has 1 saturated carbocycles. The molecule has 0 aromatic carbocycles. The predicted molar refractivity (Wildman–Crippen MR) is 64.4 cm³/mol. The van der Waals surface area contributed by atoms with Gasteiger partial charge in [0.15, 0.2) is 0 Å². The van der Waals surface area contributed by atoms with Gasteiger partial charge in [0.25, 0.3) is 0 Å². The van der Waals surface area contributed by atoms with E-state index < -0.39 is 0 Å². The molecule has 2 atom stereocenters. The quantitative estimate of drug-likeness (QED) is 0.660. The Morgan fingerprint density at radius 2 is 2.33 bits per heavy atom. The van der Waals surface area contributed by atoms with Crippen molar-refractivity contribution in [1.29, 1.82) is 0 Å². The van der Waals surface area contributed by atoms with Gasteiger partial charge in [0, 0.05) is 0 Å². The second kappa shape index (κ2) is 5.92. The number of aliphatic hydroxyl groups excluding tert-OH is 1. The summed E-state index contributed by atoms with van der Waals surface area (Å²) in [5.41, 5.74) is 5.87. The van der Waals surface area contributed by atoms with Crippen molar-refractivity contribution >= 4 is 5.91 Å². The van der Waals surface area contributed by atoms with E-state index in [2.05, 4.69) is 15.6 Å². The highest BCUT2D eigenvalue weighted by Gasteiger charge is 2.25. The van der Waals surface area contributed by atoms with Gasteiger partial charge in [0.2, 0.25) is 5.91 Å². The van der Waals surface area contributed by atoms with Crippen molar-refractivity contribution in [3.63, 3.8) is 0 Å². The van der Waals surface area contributed by atoms with Gasteiger partial charge < -0.3 is 16.2 Å². The normalized spacial score (nSPS) is 23.9. The van der Waals surface area contributed by atoms with E-state index in [4.69, 9.17) is 5.73 Å². The van der Waals surface area contributed by atoms with Crippen molar-refractivity contribution in [2.24, 2.45) is 5.73 Å². The fourth-order valence-electron chi connectivity index (χ4n) is 2.22. The SMILES string of the molecule is NCC(=O)NCc1cn(C2CCCCC2O)nn1. The molecule has 1 aliphatic carbocycles. The van der Waals surface area contributed by atoms with Crippen molar-refractivity contribution in [3.05, 3.63) is 11.9 Å². The van der Waals surface area contributed by atoms with Gasteiger partial charge in [-0.3, -0.25) is 4.79 Å². The maximum Gasteiger partial charge on any atom is 0.234 e. The molecule has 2 rings (SSSR count). The fourth-order valence-corrected chi connectivity index (χ4v) is 2.22. The Morgan fingerprint density at radius 1 is 1.56 bits per heavy atom. The fraction of sp³-hybridized carbons (Fsp3) is 0.727. The van der Waals surface area contributed by atoms with Crippen LogP contribution in [0.3, 0.4) is 0 Å². The topological polar surface area (TPSA) is 106 Å². The zero-order valence-electron chi connectivity index (χ0n) is 10.2. The molecule has 7 heteroatoms. The van der Waals surface area contributed by atoms with Crippen LogP contribution in [0.4, 0.5) is 0 Å². The van der Waals surface area contributed by atoms with E-state index >= 15 is 0 Å². The van der Waals surface area contributed by atoms with E-state index in [0.29, 0.717) is 12.2 Å². The highest BCUT2D eigenvalue weighted by molar-refractivity contribution is 5.77. The van der Waals surface area contributed by atoms with Gasteiger partial charge in [-0.1, -0.05) is 18.1 Å².